The zero-order valence-electron chi connectivity index (χ0n) is 46.7. The van der Waals surface area contributed by atoms with Crippen molar-refractivity contribution in [2.75, 3.05) is 34.3 Å². The van der Waals surface area contributed by atoms with Crippen LogP contribution in [0.3, 0.4) is 0 Å². The molecule has 0 saturated carbocycles. The predicted molar refractivity (Wildman–Crippen MR) is 280 cm³/mol. The number of rotatable bonds is 13. The first-order valence-corrected chi connectivity index (χ1v) is 26.6. The van der Waals surface area contributed by atoms with Crippen molar-refractivity contribution in [2.45, 2.75) is 181 Å². The van der Waals surface area contributed by atoms with Crippen molar-refractivity contribution in [1.82, 2.24) is 35.6 Å². The number of aliphatic hydroxyl groups excluding tert-OH is 1. The van der Waals surface area contributed by atoms with Gasteiger partial charge in [-0.25, -0.2) is 4.79 Å². The molecular formula is C55H83N7O14. The number of ketones is 1. The second kappa shape index (κ2) is 27.6. The number of nitrogens with zero attached hydrogens (tertiary/aromatic N) is 4. The quantitative estimate of drug-likeness (QED) is 0.126. The highest BCUT2D eigenvalue weighted by Crippen LogP contribution is 2.27. The lowest BCUT2D eigenvalue weighted by Crippen LogP contribution is -2.61. The lowest BCUT2D eigenvalue weighted by atomic mass is 9.91. The van der Waals surface area contributed by atoms with Crippen molar-refractivity contribution in [3.63, 3.8) is 0 Å². The van der Waals surface area contributed by atoms with Crippen LogP contribution in [0.2, 0.25) is 0 Å². The maximum absolute atomic E-state index is 14.8. The number of likely N-dealkylation sites (tertiary alicyclic amines) is 1. The third-order valence-electron chi connectivity index (χ3n) is 15.0. The number of benzene rings is 1. The zero-order valence-corrected chi connectivity index (χ0v) is 46.7. The van der Waals surface area contributed by atoms with Crippen LogP contribution >= 0.6 is 0 Å². The molecule has 21 heteroatoms. The Kier molecular flexibility index (Phi) is 22.6. The number of likely N-dealkylation sites (N-methyl/N-ethyl adjacent to an activating group) is 2. The monoisotopic (exact) mass is 1070 g/mol. The topological polar surface area (TPSA) is 268 Å². The second-order valence-corrected chi connectivity index (χ2v) is 21.6. The van der Waals surface area contributed by atoms with E-state index in [-0.39, 0.29) is 37.3 Å². The van der Waals surface area contributed by atoms with E-state index in [1.54, 1.807) is 58.9 Å². The molecule has 3 aliphatic heterocycles. The van der Waals surface area contributed by atoms with Crippen LogP contribution in [-0.4, -0.2) is 179 Å². The Bertz CT molecular complexity index is 2310. The molecule has 3 fully saturated rings. The van der Waals surface area contributed by atoms with Crippen molar-refractivity contribution in [2.24, 2.45) is 23.7 Å². The maximum atomic E-state index is 14.8. The Hall–Kier alpha value is -6.38. The largest absolute Gasteiger partial charge is 0.497 e. The minimum Gasteiger partial charge on any atom is -0.497 e. The molecule has 3 heterocycles. The zero-order chi connectivity index (χ0) is 57.0. The first kappa shape index (κ1) is 62.2. The summed E-state index contributed by atoms with van der Waals surface area (Å²) in [5.41, 5.74) is 0.819. The highest BCUT2D eigenvalue weighted by atomic mass is 16.6. The summed E-state index contributed by atoms with van der Waals surface area (Å²) in [5.74, 6) is -9.70. The lowest BCUT2D eigenvalue weighted by molar-refractivity contribution is -0.163. The van der Waals surface area contributed by atoms with E-state index in [1.807, 2.05) is 13.8 Å². The summed E-state index contributed by atoms with van der Waals surface area (Å²) in [6, 6.07) is -1.99. The molecule has 0 aliphatic carbocycles. The standard InChI is InChI=1S/C55H83N7O14/c1-15-32(8)44-42(63)28-43(64)76-47(30(4)5)46(65)33(9)48(66)56-38(26-29(2)3)52(70)62-25-17-19-40(62)54(72)60(13)41(27-36-20-22-37(74-14)23-21-36)55(73)75-35(11)45(50(68)57-44)58-49(67)34(10)59(12)53(71)39-18-16-24-61(39)51(69)31(6)7/h20-23,29-30,32-35,38-42,44-45,47,63H,6,15-19,24-28H2,1-5,7-14H3,(H,56,66)(H,57,68)(H,58,67)/t32-,33-,34+,35+,38-,39-,40-,41-,42-,44+,45-,47-/m0/s1. The summed E-state index contributed by atoms with van der Waals surface area (Å²) < 4.78 is 17.1. The number of hydrogen-bond donors (Lipinski definition) is 4. The summed E-state index contributed by atoms with van der Waals surface area (Å²) in [5, 5.41) is 19.9. The van der Waals surface area contributed by atoms with Gasteiger partial charge < -0.3 is 54.9 Å². The molecule has 4 rings (SSSR count). The summed E-state index contributed by atoms with van der Waals surface area (Å²) in [4.78, 5) is 147. The SMILES string of the molecule is C=C(C)C(=O)N1CCC[C@H]1C(=O)N(C)[C@H](C)C(=O)N[C@@H]1C(=O)N[C@H]([C@@H](C)CC)[C@@H](O)CC(=O)O[C@@H](C(C)C)C(=O)[C@H](C)C(=O)N[C@@H](CC(C)C)C(=O)N2CCC[C@H]2C(=O)N(C)[C@@H](Cc2ccc(OC)cc2)C(=O)O[C@@H]1C. The molecule has 422 valence electrons. The second-order valence-electron chi connectivity index (χ2n) is 21.6. The molecule has 0 spiro atoms. The third-order valence-corrected chi connectivity index (χ3v) is 15.0. The van der Waals surface area contributed by atoms with Gasteiger partial charge in [0, 0.05) is 39.2 Å². The van der Waals surface area contributed by atoms with Crippen LogP contribution < -0.4 is 20.7 Å². The molecule has 0 unspecified atom stereocenters. The van der Waals surface area contributed by atoms with Crippen molar-refractivity contribution in [3.05, 3.63) is 42.0 Å². The van der Waals surface area contributed by atoms with Gasteiger partial charge in [-0.2, -0.15) is 0 Å². The van der Waals surface area contributed by atoms with E-state index in [9.17, 15) is 53.1 Å². The number of Topliss-reactive ketones (excluding diaryl/α,β-unsaturated/α-hetero) is 1. The highest BCUT2D eigenvalue weighted by molar-refractivity contribution is 6.05. The molecule has 7 amide bonds. The first-order chi connectivity index (χ1) is 35.6. The fourth-order valence-corrected chi connectivity index (χ4v) is 9.85. The minimum atomic E-state index is -1.74. The van der Waals surface area contributed by atoms with E-state index >= 15 is 0 Å². The molecule has 1 aromatic carbocycles. The van der Waals surface area contributed by atoms with Gasteiger partial charge in [-0.15, -0.1) is 0 Å². The van der Waals surface area contributed by atoms with Gasteiger partial charge in [-0.1, -0.05) is 66.7 Å². The minimum absolute atomic E-state index is 0.120. The summed E-state index contributed by atoms with van der Waals surface area (Å²) in [7, 11) is 4.28. The number of cyclic esters (lactones) is 2. The Balaban J connectivity index is 1.84. The van der Waals surface area contributed by atoms with Crippen LogP contribution in [0.15, 0.2) is 36.4 Å². The molecular weight excluding hydrogens is 983 g/mol. The van der Waals surface area contributed by atoms with E-state index in [0.29, 0.717) is 43.5 Å². The smallest absolute Gasteiger partial charge is 0.329 e. The van der Waals surface area contributed by atoms with Crippen LogP contribution in [-0.2, 0) is 63.8 Å². The van der Waals surface area contributed by atoms with Gasteiger partial charge in [0.25, 0.3) is 0 Å². The van der Waals surface area contributed by atoms with E-state index in [2.05, 4.69) is 22.5 Å². The van der Waals surface area contributed by atoms with Gasteiger partial charge in [0.15, 0.2) is 11.9 Å². The summed E-state index contributed by atoms with van der Waals surface area (Å²) in [6.45, 7) is 20.3. The number of amides is 7. The number of esters is 2. The van der Waals surface area contributed by atoms with Crippen LogP contribution in [0.25, 0.3) is 0 Å². The third kappa shape index (κ3) is 15.4. The first-order valence-electron chi connectivity index (χ1n) is 26.6. The summed E-state index contributed by atoms with van der Waals surface area (Å²) in [6.07, 6.45) is -3.44. The molecule has 76 heavy (non-hydrogen) atoms. The van der Waals surface area contributed by atoms with Crippen LogP contribution in [0.1, 0.15) is 120 Å². The number of nitrogens with one attached hydrogen (secondary N) is 3. The van der Waals surface area contributed by atoms with E-state index < -0.39 is 144 Å². The van der Waals surface area contributed by atoms with Crippen LogP contribution in [0.5, 0.6) is 5.75 Å². The van der Waals surface area contributed by atoms with Crippen molar-refractivity contribution >= 4 is 59.1 Å². The van der Waals surface area contributed by atoms with E-state index in [0.717, 1.165) is 4.90 Å². The Morgan fingerprint density at radius 1 is 0.908 bits per heavy atom. The highest BCUT2D eigenvalue weighted by Gasteiger charge is 2.45. The Morgan fingerprint density at radius 2 is 1.54 bits per heavy atom. The molecule has 21 nitrogen and oxygen atoms in total. The average molecular weight is 1070 g/mol. The fraction of sp³-hybridized carbons (Fsp3) is 0.673. The number of hydrogen-bond acceptors (Lipinski definition) is 14. The number of aliphatic hydroxyl groups is 1. The van der Waals surface area contributed by atoms with Crippen molar-refractivity contribution in [3.8, 4) is 5.75 Å². The normalized spacial score (nSPS) is 27.7. The predicted octanol–water partition coefficient (Wildman–Crippen LogP) is 2.49. The molecule has 1 aromatic rings. The molecule has 3 saturated heterocycles. The van der Waals surface area contributed by atoms with Gasteiger partial charge in [0.1, 0.15) is 48.1 Å². The van der Waals surface area contributed by atoms with Gasteiger partial charge in [-0.05, 0) is 95.2 Å². The molecule has 0 radical (unpaired) electrons. The van der Waals surface area contributed by atoms with Gasteiger partial charge >= 0.3 is 11.9 Å². The summed E-state index contributed by atoms with van der Waals surface area (Å²) >= 11 is 0. The van der Waals surface area contributed by atoms with E-state index in [1.165, 1.54) is 56.7 Å². The molecule has 3 aliphatic rings. The van der Waals surface area contributed by atoms with E-state index in [4.69, 9.17) is 14.2 Å². The molecule has 0 bridgehead atoms. The van der Waals surface area contributed by atoms with Crippen molar-refractivity contribution in [1.29, 1.82) is 0 Å². The average Bonchev–Trinajstić information content (AvgIpc) is 4.08. The van der Waals surface area contributed by atoms with Crippen molar-refractivity contribution < 1.29 is 67.3 Å². The van der Waals surface area contributed by atoms with Gasteiger partial charge in [0.2, 0.25) is 41.4 Å². The molecule has 12 atom stereocenters. The molecule has 4 N–H and O–H groups in total. The molecule has 0 aromatic heterocycles. The number of carbonyl (C=O) groups is 10. The van der Waals surface area contributed by atoms with Crippen LogP contribution in [0.4, 0.5) is 0 Å². The number of methoxy groups -OCH3 is 1. The van der Waals surface area contributed by atoms with Crippen LogP contribution in [0, 0.1) is 23.7 Å². The Labute approximate surface area is 447 Å². The lowest BCUT2D eigenvalue weighted by Gasteiger charge is -2.36. The Morgan fingerprint density at radius 3 is 2.12 bits per heavy atom. The number of ether oxygens (including phenoxy) is 3. The maximum Gasteiger partial charge on any atom is 0.329 e. The van der Waals surface area contributed by atoms with Gasteiger partial charge in [0.05, 0.1) is 31.6 Å². The fourth-order valence-electron chi connectivity index (χ4n) is 9.85. The van der Waals surface area contributed by atoms with Gasteiger partial charge in [-0.3, -0.25) is 43.2 Å². The number of fused-ring (bicyclic) bond motifs is 1. The number of carbonyl (C=O) groups excluding carboxylic acids is 10.